The summed E-state index contributed by atoms with van der Waals surface area (Å²) in [4.78, 5) is 27.0. The number of hydrogen-bond donors (Lipinski definition) is 2. The summed E-state index contributed by atoms with van der Waals surface area (Å²) < 4.78 is 0. The molecule has 0 aliphatic heterocycles. The van der Waals surface area contributed by atoms with Gasteiger partial charge in [0.25, 0.3) is 0 Å². The van der Waals surface area contributed by atoms with E-state index >= 15 is 0 Å². The molecule has 0 radical (unpaired) electrons. The van der Waals surface area contributed by atoms with E-state index in [0.717, 1.165) is 0 Å². The fourth-order valence-corrected chi connectivity index (χ4v) is 2.67. The first kappa shape index (κ1) is 13.0. The molecule has 0 aromatic carbocycles. The van der Waals surface area contributed by atoms with Gasteiger partial charge in [-0.2, -0.15) is 0 Å². The van der Waals surface area contributed by atoms with Gasteiger partial charge in [0.05, 0.1) is 23.5 Å². The smallest absolute Gasteiger partial charge is 0.307 e. The molecule has 1 amide bonds. The van der Waals surface area contributed by atoms with Crippen LogP contribution in [0.15, 0.2) is 22.8 Å². The van der Waals surface area contributed by atoms with Crippen LogP contribution < -0.4 is 5.32 Å². The highest BCUT2D eigenvalue weighted by molar-refractivity contribution is 7.13. The monoisotopic (exact) mass is 286 g/mol. The lowest BCUT2D eigenvalue weighted by Gasteiger charge is -2.25. The lowest BCUT2D eigenvalue weighted by Crippen LogP contribution is -2.35. The minimum absolute atomic E-state index is 0.267. The Morgan fingerprint density at radius 3 is 2.89 bits per heavy atom. The molecule has 1 aliphatic rings. The summed E-state index contributed by atoms with van der Waals surface area (Å²) in [5.41, 5.74) is 1.60. The van der Waals surface area contributed by atoms with Crippen molar-refractivity contribution < 1.29 is 14.7 Å². The molecule has 2 N–H and O–H groups in total. The number of carboxylic acid groups (broad SMARTS) is 1. The van der Waals surface area contributed by atoms with Crippen molar-refractivity contribution in [1.29, 1.82) is 0 Å². The van der Waals surface area contributed by atoms with Crippen molar-refractivity contribution in [2.24, 2.45) is 11.8 Å². The van der Waals surface area contributed by atoms with Crippen molar-refractivity contribution in [2.45, 2.75) is 12.8 Å². The molecule has 1 aliphatic carbocycles. The zero-order valence-electron chi connectivity index (χ0n) is 9.30. The number of nitrogens with zero attached hydrogens (tertiary/aromatic N) is 1. The summed E-state index contributed by atoms with van der Waals surface area (Å²) in [5, 5.41) is 12.9. The second-order valence-electron chi connectivity index (χ2n) is 4.00. The number of carbonyl (C=O) groups is 2. The van der Waals surface area contributed by atoms with Crippen LogP contribution in [0, 0.1) is 11.8 Å². The van der Waals surface area contributed by atoms with Gasteiger partial charge in [-0.25, -0.2) is 0 Å². The van der Waals surface area contributed by atoms with Gasteiger partial charge in [-0.15, -0.1) is 11.3 Å². The van der Waals surface area contributed by atoms with Gasteiger partial charge < -0.3 is 10.4 Å². The predicted molar refractivity (Wildman–Crippen MR) is 68.5 cm³/mol. The predicted octanol–water partition coefficient (Wildman–Crippen LogP) is 2.32. The van der Waals surface area contributed by atoms with Crippen LogP contribution >= 0.6 is 22.9 Å². The Bertz CT molecular complexity index is 486. The number of thiazole rings is 1. The number of rotatable bonds is 3. The molecular weight excluding hydrogens is 276 g/mol. The van der Waals surface area contributed by atoms with E-state index in [1.807, 2.05) is 0 Å². The summed E-state index contributed by atoms with van der Waals surface area (Å²) in [6.45, 7) is 0. The Kier molecular flexibility index (Phi) is 3.98. The topological polar surface area (TPSA) is 79.3 Å². The van der Waals surface area contributed by atoms with Crippen molar-refractivity contribution >= 4 is 39.8 Å². The molecule has 5 nitrogen and oxygen atoms in total. The SMILES string of the molecule is O=C(O)[C@@H]1CC=C(Cl)C[C@H]1C(=O)Nc1cncs1. The summed E-state index contributed by atoms with van der Waals surface area (Å²) in [6, 6.07) is 0. The van der Waals surface area contributed by atoms with Gasteiger partial charge in [0.2, 0.25) is 5.91 Å². The second-order valence-corrected chi connectivity index (χ2v) is 5.37. The van der Waals surface area contributed by atoms with Crippen LogP contribution in [0.2, 0.25) is 0 Å². The number of amides is 1. The van der Waals surface area contributed by atoms with Crippen LogP contribution in [0.3, 0.4) is 0 Å². The maximum Gasteiger partial charge on any atom is 0.307 e. The van der Waals surface area contributed by atoms with E-state index in [-0.39, 0.29) is 18.7 Å². The standard InChI is InChI=1S/C11H11ClN2O3S/c12-6-1-2-7(11(16)17)8(3-6)10(15)14-9-4-13-5-18-9/h1,4-5,7-8H,2-3H2,(H,14,15)(H,16,17)/t7-,8-/m1/s1. The van der Waals surface area contributed by atoms with Crippen LogP contribution in [0.1, 0.15) is 12.8 Å². The quantitative estimate of drug-likeness (QED) is 0.894. The molecule has 7 heteroatoms. The number of allylic oxidation sites excluding steroid dienone is 2. The van der Waals surface area contributed by atoms with Crippen LogP contribution in [0.5, 0.6) is 0 Å². The molecule has 1 aromatic rings. The third kappa shape index (κ3) is 2.88. The molecule has 1 heterocycles. The minimum Gasteiger partial charge on any atom is -0.481 e. The molecule has 0 saturated heterocycles. The van der Waals surface area contributed by atoms with Gasteiger partial charge >= 0.3 is 5.97 Å². The van der Waals surface area contributed by atoms with Gasteiger partial charge in [-0.1, -0.05) is 17.7 Å². The average molecular weight is 287 g/mol. The molecule has 18 heavy (non-hydrogen) atoms. The number of carboxylic acids is 1. The molecule has 2 rings (SSSR count). The summed E-state index contributed by atoms with van der Waals surface area (Å²) >= 11 is 7.17. The number of aromatic nitrogens is 1. The zero-order valence-corrected chi connectivity index (χ0v) is 10.9. The lowest BCUT2D eigenvalue weighted by atomic mass is 9.82. The number of halogens is 1. The molecule has 2 atom stereocenters. The van der Waals surface area contributed by atoms with E-state index in [1.165, 1.54) is 17.5 Å². The van der Waals surface area contributed by atoms with Crippen molar-refractivity contribution in [3.8, 4) is 0 Å². The minimum atomic E-state index is -0.972. The number of carbonyl (C=O) groups excluding carboxylic acids is 1. The molecule has 0 saturated carbocycles. The highest BCUT2D eigenvalue weighted by Crippen LogP contribution is 2.33. The largest absolute Gasteiger partial charge is 0.481 e. The summed E-state index contributed by atoms with van der Waals surface area (Å²) in [7, 11) is 0. The van der Waals surface area contributed by atoms with E-state index in [2.05, 4.69) is 10.3 Å². The Morgan fingerprint density at radius 2 is 2.28 bits per heavy atom. The molecule has 0 unspecified atom stereocenters. The van der Waals surface area contributed by atoms with Crippen molar-refractivity contribution in [3.63, 3.8) is 0 Å². The summed E-state index contributed by atoms with van der Waals surface area (Å²) in [6.07, 6.45) is 3.74. The van der Waals surface area contributed by atoms with Gasteiger partial charge in [0, 0.05) is 5.03 Å². The highest BCUT2D eigenvalue weighted by Gasteiger charge is 2.36. The maximum atomic E-state index is 12.0. The van der Waals surface area contributed by atoms with Crippen molar-refractivity contribution in [2.75, 3.05) is 5.32 Å². The summed E-state index contributed by atoms with van der Waals surface area (Å²) in [5.74, 6) is -2.65. The van der Waals surface area contributed by atoms with Crippen molar-refractivity contribution in [1.82, 2.24) is 4.98 Å². The van der Waals surface area contributed by atoms with Crippen LogP contribution in [0.25, 0.3) is 0 Å². The van der Waals surface area contributed by atoms with E-state index in [1.54, 1.807) is 11.6 Å². The van der Waals surface area contributed by atoms with Gasteiger partial charge in [-0.3, -0.25) is 14.6 Å². The molecule has 96 valence electrons. The van der Waals surface area contributed by atoms with E-state index < -0.39 is 17.8 Å². The first-order valence-corrected chi connectivity index (χ1v) is 6.60. The van der Waals surface area contributed by atoms with E-state index in [4.69, 9.17) is 16.7 Å². The Hall–Kier alpha value is -1.40. The van der Waals surface area contributed by atoms with E-state index in [0.29, 0.717) is 10.0 Å². The maximum absolute atomic E-state index is 12.0. The third-order valence-electron chi connectivity index (χ3n) is 2.83. The number of hydrogen-bond acceptors (Lipinski definition) is 4. The van der Waals surface area contributed by atoms with Crippen molar-refractivity contribution in [3.05, 3.63) is 22.8 Å². The highest BCUT2D eigenvalue weighted by atomic mass is 35.5. The first-order valence-electron chi connectivity index (χ1n) is 5.34. The third-order valence-corrected chi connectivity index (χ3v) is 3.82. The fraction of sp³-hybridized carbons (Fsp3) is 0.364. The molecule has 0 bridgehead atoms. The second kappa shape index (κ2) is 5.49. The Labute approximate surface area is 112 Å². The Balaban J connectivity index is 2.11. The number of aliphatic carboxylic acids is 1. The van der Waals surface area contributed by atoms with Gasteiger partial charge in [0.15, 0.2) is 0 Å². The molecule has 0 spiro atoms. The molecular formula is C11H11ClN2O3S. The Morgan fingerprint density at radius 1 is 1.50 bits per heavy atom. The number of nitrogens with one attached hydrogen (secondary N) is 1. The lowest BCUT2D eigenvalue weighted by molar-refractivity contribution is -0.146. The van der Waals surface area contributed by atoms with Crippen LogP contribution in [-0.2, 0) is 9.59 Å². The van der Waals surface area contributed by atoms with Gasteiger partial charge in [0.1, 0.15) is 5.00 Å². The fourth-order valence-electron chi connectivity index (χ4n) is 1.89. The molecule has 0 fully saturated rings. The van der Waals surface area contributed by atoms with Crippen LogP contribution in [0.4, 0.5) is 5.00 Å². The average Bonchev–Trinajstić information content (AvgIpc) is 2.81. The number of anilines is 1. The van der Waals surface area contributed by atoms with Crippen LogP contribution in [-0.4, -0.2) is 22.0 Å². The first-order chi connectivity index (χ1) is 8.58. The zero-order chi connectivity index (χ0) is 13.1. The van der Waals surface area contributed by atoms with Gasteiger partial charge in [-0.05, 0) is 12.8 Å². The van der Waals surface area contributed by atoms with E-state index in [9.17, 15) is 9.59 Å². The molecule has 1 aromatic heterocycles. The normalized spacial score (nSPS) is 23.3.